The van der Waals surface area contributed by atoms with Gasteiger partial charge in [0, 0.05) is 25.0 Å². The SMILES string of the molecule is Cn1c(COc2cccc(N)c2)nc2cccnc21. The Labute approximate surface area is 110 Å². The Morgan fingerprint density at radius 2 is 2.16 bits per heavy atom. The number of pyridine rings is 1. The van der Waals surface area contributed by atoms with Crippen molar-refractivity contribution in [3.05, 3.63) is 48.4 Å². The molecule has 2 N–H and O–H groups in total. The zero-order valence-corrected chi connectivity index (χ0v) is 10.6. The molecule has 0 spiro atoms. The van der Waals surface area contributed by atoms with Crippen LogP contribution in [0.2, 0.25) is 0 Å². The summed E-state index contributed by atoms with van der Waals surface area (Å²) >= 11 is 0. The minimum Gasteiger partial charge on any atom is -0.486 e. The normalized spacial score (nSPS) is 10.8. The number of nitrogen functional groups attached to an aromatic ring is 1. The molecule has 0 radical (unpaired) electrons. The van der Waals surface area contributed by atoms with Crippen LogP contribution in [0.15, 0.2) is 42.6 Å². The number of benzene rings is 1. The molecule has 0 saturated heterocycles. The predicted octanol–water partition coefficient (Wildman–Crippen LogP) is 2.13. The first kappa shape index (κ1) is 11.5. The number of aromatic nitrogens is 3. The van der Waals surface area contributed by atoms with Gasteiger partial charge in [0.25, 0.3) is 0 Å². The van der Waals surface area contributed by atoms with Crippen molar-refractivity contribution in [2.24, 2.45) is 7.05 Å². The third kappa shape index (κ3) is 2.22. The average molecular weight is 254 g/mol. The molecule has 0 aliphatic carbocycles. The van der Waals surface area contributed by atoms with Gasteiger partial charge in [-0.15, -0.1) is 0 Å². The molecular weight excluding hydrogens is 240 g/mol. The van der Waals surface area contributed by atoms with Gasteiger partial charge in [-0.2, -0.15) is 0 Å². The van der Waals surface area contributed by atoms with Gasteiger partial charge in [-0.3, -0.25) is 0 Å². The number of nitrogens with two attached hydrogens (primary N) is 1. The van der Waals surface area contributed by atoms with E-state index in [2.05, 4.69) is 9.97 Å². The summed E-state index contributed by atoms with van der Waals surface area (Å²) in [5.74, 6) is 1.57. The highest BCUT2D eigenvalue weighted by Gasteiger charge is 2.08. The number of aryl methyl sites for hydroxylation is 1. The van der Waals surface area contributed by atoms with Crippen molar-refractivity contribution in [2.45, 2.75) is 6.61 Å². The van der Waals surface area contributed by atoms with Gasteiger partial charge in [-0.25, -0.2) is 9.97 Å². The summed E-state index contributed by atoms with van der Waals surface area (Å²) in [6, 6.07) is 11.2. The molecule has 0 atom stereocenters. The molecule has 19 heavy (non-hydrogen) atoms. The Balaban J connectivity index is 1.84. The van der Waals surface area contributed by atoms with Crippen molar-refractivity contribution < 1.29 is 4.74 Å². The fourth-order valence-electron chi connectivity index (χ4n) is 1.95. The van der Waals surface area contributed by atoms with Gasteiger partial charge in [0.15, 0.2) is 5.65 Å². The lowest BCUT2D eigenvalue weighted by Gasteiger charge is -2.06. The number of hydrogen-bond acceptors (Lipinski definition) is 4. The van der Waals surface area contributed by atoms with Gasteiger partial charge >= 0.3 is 0 Å². The van der Waals surface area contributed by atoms with Crippen LogP contribution in [0.25, 0.3) is 11.2 Å². The summed E-state index contributed by atoms with van der Waals surface area (Å²) in [6.07, 6.45) is 1.76. The van der Waals surface area contributed by atoms with Crippen LogP contribution in [0.1, 0.15) is 5.82 Å². The molecule has 0 fully saturated rings. The molecule has 3 aromatic rings. The largest absolute Gasteiger partial charge is 0.486 e. The Bertz CT molecular complexity index is 720. The second-order valence-electron chi connectivity index (χ2n) is 4.29. The molecule has 0 amide bonds. The van der Waals surface area contributed by atoms with E-state index >= 15 is 0 Å². The highest BCUT2D eigenvalue weighted by atomic mass is 16.5. The van der Waals surface area contributed by atoms with E-state index in [0.717, 1.165) is 22.7 Å². The quantitative estimate of drug-likeness (QED) is 0.727. The molecule has 1 aromatic carbocycles. The Morgan fingerprint density at radius 1 is 1.26 bits per heavy atom. The van der Waals surface area contributed by atoms with Crippen LogP contribution >= 0.6 is 0 Å². The van der Waals surface area contributed by atoms with Gasteiger partial charge in [0.1, 0.15) is 23.7 Å². The Morgan fingerprint density at radius 3 is 2.95 bits per heavy atom. The highest BCUT2D eigenvalue weighted by molar-refractivity contribution is 5.70. The summed E-state index contributed by atoms with van der Waals surface area (Å²) in [7, 11) is 1.93. The number of hydrogen-bond donors (Lipinski definition) is 1. The van der Waals surface area contributed by atoms with E-state index in [1.807, 2.05) is 41.9 Å². The van der Waals surface area contributed by atoms with Gasteiger partial charge in [0.2, 0.25) is 0 Å². The summed E-state index contributed by atoms with van der Waals surface area (Å²) in [5.41, 5.74) is 8.12. The first-order chi connectivity index (χ1) is 9.24. The minimum absolute atomic E-state index is 0.385. The number of nitrogens with zero attached hydrogens (tertiary/aromatic N) is 3. The number of imidazole rings is 1. The number of anilines is 1. The molecule has 2 aromatic heterocycles. The van der Waals surface area contributed by atoms with Gasteiger partial charge in [-0.1, -0.05) is 6.07 Å². The predicted molar refractivity (Wildman–Crippen MR) is 73.7 cm³/mol. The summed E-state index contributed by atoms with van der Waals surface area (Å²) in [4.78, 5) is 8.79. The molecule has 96 valence electrons. The lowest BCUT2D eigenvalue weighted by Crippen LogP contribution is -2.04. The summed E-state index contributed by atoms with van der Waals surface area (Å²) < 4.78 is 7.62. The zero-order valence-electron chi connectivity index (χ0n) is 10.6. The molecule has 5 nitrogen and oxygen atoms in total. The molecule has 3 rings (SSSR count). The van der Waals surface area contributed by atoms with Crippen molar-refractivity contribution >= 4 is 16.9 Å². The number of rotatable bonds is 3. The van der Waals surface area contributed by atoms with Crippen LogP contribution in [0, 0.1) is 0 Å². The molecule has 0 aliphatic heterocycles. The van der Waals surface area contributed by atoms with Crippen molar-refractivity contribution in [3.8, 4) is 5.75 Å². The average Bonchev–Trinajstić information content (AvgIpc) is 2.74. The third-order valence-electron chi connectivity index (χ3n) is 2.95. The van der Waals surface area contributed by atoms with Crippen molar-refractivity contribution in [1.82, 2.24) is 14.5 Å². The molecular formula is C14H14N4O. The lowest BCUT2D eigenvalue weighted by atomic mass is 10.3. The van der Waals surface area contributed by atoms with E-state index in [4.69, 9.17) is 10.5 Å². The maximum atomic E-state index is 5.71. The monoisotopic (exact) mass is 254 g/mol. The first-order valence-electron chi connectivity index (χ1n) is 5.99. The van der Waals surface area contributed by atoms with Crippen LogP contribution in [0.3, 0.4) is 0 Å². The molecule has 0 aliphatic rings. The summed E-state index contributed by atoms with van der Waals surface area (Å²) in [5, 5.41) is 0. The fourth-order valence-corrected chi connectivity index (χ4v) is 1.95. The Hall–Kier alpha value is -2.56. The smallest absolute Gasteiger partial charge is 0.159 e. The number of fused-ring (bicyclic) bond motifs is 1. The van der Waals surface area contributed by atoms with Crippen LogP contribution < -0.4 is 10.5 Å². The third-order valence-corrected chi connectivity index (χ3v) is 2.95. The Kier molecular flexibility index (Phi) is 2.79. The van der Waals surface area contributed by atoms with E-state index in [-0.39, 0.29) is 0 Å². The van der Waals surface area contributed by atoms with Gasteiger partial charge < -0.3 is 15.0 Å². The first-order valence-corrected chi connectivity index (χ1v) is 5.99. The lowest BCUT2D eigenvalue weighted by molar-refractivity contribution is 0.292. The van der Waals surface area contributed by atoms with E-state index in [0.29, 0.717) is 12.3 Å². The van der Waals surface area contributed by atoms with Crippen molar-refractivity contribution in [1.29, 1.82) is 0 Å². The van der Waals surface area contributed by atoms with Crippen LogP contribution in [0.5, 0.6) is 5.75 Å². The zero-order chi connectivity index (χ0) is 13.2. The van der Waals surface area contributed by atoms with E-state index in [1.165, 1.54) is 0 Å². The van der Waals surface area contributed by atoms with Crippen LogP contribution in [-0.2, 0) is 13.7 Å². The minimum atomic E-state index is 0.385. The maximum Gasteiger partial charge on any atom is 0.159 e. The second-order valence-corrected chi connectivity index (χ2v) is 4.29. The molecule has 5 heteroatoms. The molecule has 0 unspecified atom stereocenters. The molecule has 2 heterocycles. The van der Waals surface area contributed by atoms with Crippen molar-refractivity contribution in [3.63, 3.8) is 0 Å². The standard InChI is InChI=1S/C14H14N4O/c1-18-13(17-12-6-3-7-16-14(12)18)9-19-11-5-2-4-10(15)8-11/h2-8H,9,15H2,1H3. The van der Waals surface area contributed by atoms with Gasteiger partial charge in [-0.05, 0) is 24.3 Å². The highest BCUT2D eigenvalue weighted by Crippen LogP contribution is 2.17. The summed E-state index contributed by atoms with van der Waals surface area (Å²) in [6.45, 7) is 0.385. The fraction of sp³-hybridized carbons (Fsp3) is 0.143. The molecule has 0 bridgehead atoms. The van der Waals surface area contributed by atoms with Crippen LogP contribution in [-0.4, -0.2) is 14.5 Å². The topological polar surface area (TPSA) is 66.0 Å². The molecule has 0 saturated carbocycles. The van der Waals surface area contributed by atoms with Crippen LogP contribution in [0.4, 0.5) is 5.69 Å². The van der Waals surface area contributed by atoms with Gasteiger partial charge in [0.05, 0.1) is 0 Å². The van der Waals surface area contributed by atoms with E-state index in [1.54, 1.807) is 12.3 Å². The van der Waals surface area contributed by atoms with Crippen molar-refractivity contribution in [2.75, 3.05) is 5.73 Å². The second kappa shape index (κ2) is 4.61. The number of ether oxygens (including phenoxy) is 1. The maximum absolute atomic E-state index is 5.71. The van der Waals surface area contributed by atoms with E-state index < -0.39 is 0 Å². The van der Waals surface area contributed by atoms with E-state index in [9.17, 15) is 0 Å².